The molecule has 3 unspecified atom stereocenters. The molecular weight excluding hydrogens is 1250 g/mol. The van der Waals surface area contributed by atoms with Crippen molar-refractivity contribution in [2.75, 3.05) is 39.6 Å². The number of phosphoric acid groups is 2. The van der Waals surface area contributed by atoms with E-state index in [1.807, 2.05) is 0 Å². The van der Waals surface area contributed by atoms with Gasteiger partial charge in [0, 0.05) is 25.7 Å². The van der Waals surface area contributed by atoms with Crippen molar-refractivity contribution in [3.63, 3.8) is 0 Å². The molecule has 0 saturated heterocycles. The van der Waals surface area contributed by atoms with Gasteiger partial charge in [-0.3, -0.25) is 37.3 Å². The second kappa shape index (κ2) is 67.9. The number of unbranched alkanes of at least 4 members (excludes halogenated alkanes) is 44. The van der Waals surface area contributed by atoms with Crippen LogP contribution in [0.25, 0.3) is 0 Å². The molecule has 0 aromatic rings. The summed E-state index contributed by atoms with van der Waals surface area (Å²) in [6.45, 7) is 9.54. The number of ether oxygens (including phenoxy) is 4. The number of rotatable bonds is 75. The summed E-state index contributed by atoms with van der Waals surface area (Å²) in [6, 6.07) is 0. The second-order valence-corrected chi connectivity index (χ2v) is 31.0. The van der Waals surface area contributed by atoms with E-state index in [-0.39, 0.29) is 25.7 Å². The minimum absolute atomic E-state index is 0.103. The van der Waals surface area contributed by atoms with Crippen molar-refractivity contribution in [2.45, 2.75) is 413 Å². The Labute approximate surface area is 581 Å². The fraction of sp³-hybridized carbons (Fsp3) is 0.947. The molecule has 0 aliphatic heterocycles. The van der Waals surface area contributed by atoms with Gasteiger partial charge in [-0.2, -0.15) is 0 Å². The molecule has 0 aromatic carbocycles. The molecule has 19 heteroatoms. The fourth-order valence-electron chi connectivity index (χ4n) is 11.6. The smallest absolute Gasteiger partial charge is 0.462 e. The van der Waals surface area contributed by atoms with Crippen LogP contribution >= 0.6 is 15.6 Å². The van der Waals surface area contributed by atoms with Gasteiger partial charge in [0.2, 0.25) is 0 Å². The lowest BCUT2D eigenvalue weighted by Crippen LogP contribution is -2.30. The predicted molar refractivity (Wildman–Crippen MR) is 386 cm³/mol. The molecule has 0 bridgehead atoms. The molecule has 0 aliphatic carbocycles. The lowest BCUT2D eigenvalue weighted by molar-refractivity contribution is -0.161. The maximum atomic E-state index is 13.1. The Morgan fingerprint density at radius 2 is 0.537 bits per heavy atom. The van der Waals surface area contributed by atoms with E-state index in [1.165, 1.54) is 212 Å². The first-order chi connectivity index (χ1) is 45.9. The van der Waals surface area contributed by atoms with Crippen LogP contribution in [0.15, 0.2) is 0 Å². The molecule has 6 atom stereocenters. The number of hydrogen-bond donors (Lipinski definition) is 3. The summed E-state index contributed by atoms with van der Waals surface area (Å²) in [5.74, 6) is -0.619. The van der Waals surface area contributed by atoms with E-state index in [9.17, 15) is 43.2 Å². The van der Waals surface area contributed by atoms with E-state index >= 15 is 0 Å². The zero-order chi connectivity index (χ0) is 70.0. The van der Waals surface area contributed by atoms with Gasteiger partial charge in [-0.1, -0.05) is 343 Å². The minimum Gasteiger partial charge on any atom is -0.462 e. The number of hydrogen-bond acceptors (Lipinski definition) is 15. The van der Waals surface area contributed by atoms with E-state index in [4.69, 9.17) is 37.0 Å². The average molecular weight is 1400 g/mol. The third-order valence-corrected chi connectivity index (χ3v) is 20.0. The summed E-state index contributed by atoms with van der Waals surface area (Å²) in [4.78, 5) is 72.7. The molecule has 0 aromatic heterocycles. The molecule has 0 rings (SSSR count). The Hall–Kier alpha value is -1.94. The normalized spacial score (nSPS) is 14.3. The number of carbonyl (C=O) groups is 4. The van der Waals surface area contributed by atoms with Crippen LogP contribution in [-0.2, 0) is 65.4 Å². The molecule has 17 nitrogen and oxygen atoms in total. The summed E-state index contributed by atoms with van der Waals surface area (Å²) in [5.41, 5.74) is 0. The van der Waals surface area contributed by atoms with Gasteiger partial charge in [0.15, 0.2) is 12.2 Å². The third kappa shape index (κ3) is 69.0. The first kappa shape index (κ1) is 93.1. The Balaban J connectivity index is 5.19. The maximum absolute atomic E-state index is 13.1. The number of phosphoric ester groups is 2. The van der Waals surface area contributed by atoms with E-state index in [0.717, 1.165) is 102 Å². The Morgan fingerprint density at radius 3 is 0.800 bits per heavy atom. The first-order valence-corrected chi connectivity index (χ1v) is 42.5. The molecule has 0 amide bonds. The van der Waals surface area contributed by atoms with Crippen molar-refractivity contribution in [1.29, 1.82) is 0 Å². The molecule has 0 aliphatic rings. The lowest BCUT2D eigenvalue weighted by Gasteiger charge is -2.21. The van der Waals surface area contributed by atoms with Crippen LogP contribution in [0.4, 0.5) is 0 Å². The molecule has 0 fully saturated rings. The van der Waals surface area contributed by atoms with Gasteiger partial charge in [0.05, 0.1) is 26.4 Å². The van der Waals surface area contributed by atoms with Crippen LogP contribution in [0.5, 0.6) is 0 Å². The minimum atomic E-state index is -4.96. The van der Waals surface area contributed by atoms with E-state index in [1.54, 1.807) is 0 Å². The lowest BCUT2D eigenvalue weighted by atomic mass is 10.00. The highest BCUT2D eigenvalue weighted by Gasteiger charge is 2.30. The quantitative estimate of drug-likeness (QED) is 0.0222. The van der Waals surface area contributed by atoms with Crippen molar-refractivity contribution in [3.8, 4) is 0 Å². The Kier molecular flexibility index (Phi) is 66.5. The van der Waals surface area contributed by atoms with E-state index in [0.29, 0.717) is 25.7 Å². The van der Waals surface area contributed by atoms with Crippen LogP contribution in [0.1, 0.15) is 395 Å². The highest BCUT2D eigenvalue weighted by Crippen LogP contribution is 2.45. The first-order valence-electron chi connectivity index (χ1n) is 39.5. The fourth-order valence-corrected chi connectivity index (χ4v) is 13.2. The van der Waals surface area contributed by atoms with Crippen molar-refractivity contribution in [1.82, 2.24) is 0 Å². The van der Waals surface area contributed by atoms with Gasteiger partial charge in [0.25, 0.3) is 0 Å². The van der Waals surface area contributed by atoms with Gasteiger partial charge < -0.3 is 33.8 Å². The summed E-state index contributed by atoms with van der Waals surface area (Å²) in [5, 5.41) is 10.6. The number of carbonyl (C=O) groups excluding carboxylic acids is 4. The van der Waals surface area contributed by atoms with Gasteiger partial charge in [-0.05, 0) is 37.5 Å². The van der Waals surface area contributed by atoms with Crippen molar-refractivity contribution in [2.24, 2.45) is 11.8 Å². The van der Waals surface area contributed by atoms with Crippen LogP contribution in [-0.4, -0.2) is 96.7 Å². The van der Waals surface area contributed by atoms with Gasteiger partial charge >= 0.3 is 39.5 Å². The number of aliphatic hydroxyl groups is 1. The highest BCUT2D eigenvalue weighted by atomic mass is 31.2. The SMILES string of the molecule is CCCCCCCCCCCCCCCCCCCCCCCC(=O)O[C@H](COC(=O)CCCCCCCCCCCCCCC(C)C)COP(=O)(O)OC[C@@H](O)COP(=O)(O)OC[C@@H](COC(=O)CCCCCCCCCCC)OC(=O)CCCCCCCCC(C)CC. The number of aliphatic hydroxyl groups excluding tert-OH is 1. The summed E-state index contributed by atoms with van der Waals surface area (Å²) >= 11 is 0. The predicted octanol–water partition coefficient (Wildman–Crippen LogP) is 22.3. The topological polar surface area (TPSA) is 237 Å². The van der Waals surface area contributed by atoms with Gasteiger partial charge in [-0.25, -0.2) is 9.13 Å². The van der Waals surface area contributed by atoms with Crippen LogP contribution in [0.2, 0.25) is 0 Å². The second-order valence-electron chi connectivity index (χ2n) is 28.1. The van der Waals surface area contributed by atoms with Crippen molar-refractivity contribution >= 4 is 39.5 Å². The number of esters is 4. The van der Waals surface area contributed by atoms with Crippen molar-refractivity contribution < 1.29 is 80.2 Å². The van der Waals surface area contributed by atoms with Crippen LogP contribution in [0, 0.1) is 11.8 Å². The molecule has 0 saturated carbocycles. The van der Waals surface area contributed by atoms with Crippen LogP contribution < -0.4 is 0 Å². The zero-order valence-corrected chi connectivity index (χ0v) is 63.8. The Morgan fingerprint density at radius 1 is 0.305 bits per heavy atom. The molecule has 0 spiro atoms. The third-order valence-electron chi connectivity index (χ3n) is 18.1. The van der Waals surface area contributed by atoms with E-state index < -0.39 is 97.5 Å². The monoisotopic (exact) mass is 1400 g/mol. The summed E-state index contributed by atoms with van der Waals surface area (Å²) < 4.78 is 68.4. The Bertz CT molecular complexity index is 1840. The molecule has 0 heterocycles. The highest BCUT2D eigenvalue weighted by molar-refractivity contribution is 7.47. The summed E-state index contributed by atoms with van der Waals surface area (Å²) in [7, 11) is -9.91. The van der Waals surface area contributed by atoms with Gasteiger partial charge in [-0.15, -0.1) is 0 Å². The molecule has 0 radical (unpaired) electrons. The zero-order valence-electron chi connectivity index (χ0n) is 62.0. The molecule has 95 heavy (non-hydrogen) atoms. The molecular formula is C76H148O17P2. The standard InChI is InChI=1S/C76H148O17P2/c1-7-10-12-14-16-18-19-20-21-22-23-24-25-26-27-28-33-37-41-48-54-60-75(80)92-71(64-87-74(79)59-53-47-40-36-32-30-29-31-35-38-44-50-56-68(4)5)66-90-94(82,83)88-62-70(77)63-89-95(84,85)91-67-72(65-86-73(78)58-52-46-39-34-17-15-13-11-8-2)93-76(81)61-55-49-43-42-45-51-57-69(6)9-3/h68-72,77H,7-67H2,1-6H3,(H,82,83)(H,84,85)/t69?,70-,71-,72-/m1/s1. The van der Waals surface area contributed by atoms with Crippen molar-refractivity contribution in [3.05, 3.63) is 0 Å². The average Bonchev–Trinajstić information content (AvgIpc) is 1.51. The van der Waals surface area contributed by atoms with Gasteiger partial charge in [0.1, 0.15) is 19.3 Å². The largest absolute Gasteiger partial charge is 0.472 e. The summed E-state index contributed by atoms with van der Waals surface area (Å²) in [6.07, 6.45) is 55.7. The van der Waals surface area contributed by atoms with Crippen LogP contribution in [0.3, 0.4) is 0 Å². The molecule has 564 valence electrons. The maximum Gasteiger partial charge on any atom is 0.472 e. The van der Waals surface area contributed by atoms with E-state index in [2.05, 4.69) is 41.5 Å². The molecule has 3 N–H and O–H groups in total.